The number of nitrogens with zero attached hydrogens (tertiary/aromatic N) is 1. The number of nitrogens with one attached hydrogen (secondary N) is 4. The number of anilines is 2. The Morgan fingerprint density at radius 2 is 1.67 bits per heavy atom. The number of hydrogen-bond donors (Lipinski definition) is 4. The van der Waals surface area contributed by atoms with Crippen LogP contribution in [0.2, 0.25) is 0 Å². The third-order valence-electron chi connectivity index (χ3n) is 6.42. The first-order valence-corrected chi connectivity index (χ1v) is 10.5. The zero-order valence-corrected chi connectivity index (χ0v) is 16.4. The summed E-state index contributed by atoms with van der Waals surface area (Å²) in [6.07, 6.45) is 0. The fourth-order valence-electron chi connectivity index (χ4n) is 4.87. The van der Waals surface area contributed by atoms with Crippen LogP contribution in [0.25, 0.3) is 5.57 Å². The lowest BCUT2D eigenvalue weighted by atomic mass is 10.0. The molecule has 7 nitrogen and oxygen atoms in total. The van der Waals surface area contributed by atoms with Crippen LogP contribution < -0.4 is 21.3 Å². The topological polar surface area (TPSA) is 86.8 Å². The summed E-state index contributed by atoms with van der Waals surface area (Å²) in [5.41, 5.74) is 5.51. The molecule has 1 saturated heterocycles. The number of allylic oxidation sites excluding steroid dienone is 1. The Morgan fingerprint density at radius 1 is 0.967 bits per heavy atom. The van der Waals surface area contributed by atoms with Crippen molar-refractivity contribution >= 4 is 28.6 Å². The molecule has 2 aromatic rings. The zero-order chi connectivity index (χ0) is 20.1. The van der Waals surface area contributed by atoms with Gasteiger partial charge in [-0.15, -0.1) is 0 Å². The second-order valence-corrected chi connectivity index (χ2v) is 8.16. The van der Waals surface area contributed by atoms with Gasteiger partial charge in [-0.1, -0.05) is 41.6 Å². The van der Waals surface area contributed by atoms with Gasteiger partial charge < -0.3 is 26.1 Å². The van der Waals surface area contributed by atoms with E-state index in [4.69, 9.17) is 4.84 Å². The Balaban J connectivity index is 1.24. The SMILES string of the molecule is O=C1Nc2ccccc2/C1=C1/Nc2ccccc2/C1=N\OCCNC1[C@H]2CNC[C@@H]12. The number of fused-ring (bicyclic) bond motifs is 3. The molecule has 0 aromatic heterocycles. The molecule has 1 unspecified atom stereocenters. The van der Waals surface area contributed by atoms with Gasteiger partial charge in [-0.3, -0.25) is 4.79 Å². The molecule has 0 spiro atoms. The van der Waals surface area contributed by atoms with Gasteiger partial charge >= 0.3 is 0 Å². The van der Waals surface area contributed by atoms with E-state index in [-0.39, 0.29) is 5.91 Å². The van der Waals surface area contributed by atoms with Crippen molar-refractivity contribution in [3.63, 3.8) is 0 Å². The van der Waals surface area contributed by atoms with Crippen LogP contribution in [0.3, 0.4) is 0 Å². The van der Waals surface area contributed by atoms with E-state index < -0.39 is 0 Å². The summed E-state index contributed by atoms with van der Waals surface area (Å²) in [5.74, 6) is 1.42. The van der Waals surface area contributed by atoms with E-state index in [2.05, 4.69) is 26.4 Å². The average Bonchev–Trinajstić information content (AvgIpc) is 3.13. The number of oxime groups is 1. The first-order chi connectivity index (χ1) is 14.8. The second kappa shape index (κ2) is 6.97. The van der Waals surface area contributed by atoms with Gasteiger partial charge in [0.15, 0.2) is 0 Å². The molecule has 3 heterocycles. The third-order valence-corrected chi connectivity index (χ3v) is 6.42. The van der Waals surface area contributed by atoms with E-state index in [1.54, 1.807) is 0 Å². The summed E-state index contributed by atoms with van der Waals surface area (Å²) in [5, 5.41) is 17.7. The van der Waals surface area contributed by atoms with Crippen molar-refractivity contribution < 1.29 is 9.63 Å². The lowest BCUT2D eigenvalue weighted by Crippen LogP contribution is -2.29. The van der Waals surface area contributed by atoms with E-state index in [1.165, 1.54) is 0 Å². The van der Waals surface area contributed by atoms with E-state index >= 15 is 0 Å². The van der Waals surface area contributed by atoms with Gasteiger partial charge in [0.05, 0.1) is 11.3 Å². The van der Waals surface area contributed by atoms with E-state index in [9.17, 15) is 4.79 Å². The highest BCUT2D eigenvalue weighted by Gasteiger charge is 2.52. The molecular weight excluding hydrogens is 378 g/mol. The molecule has 1 aliphatic carbocycles. The van der Waals surface area contributed by atoms with Crippen molar-refractivity contribution in [2.24, 2.45) is 17.0 Å². The van der Waals surface area contributed by atoms with Crippen molar-refractivity contribution in [3.05, 3.63) is 65.4 Å². The number of piperidine rings is 1. The predicted octanol–water partition coefficient (Wildman–Crippen LogP) is 2.00. The van der Waals surface area contributed by atoms with Crippen LogP contribution in [0, 0.1) is 11.8 Å². The Bertz CT molecular complexity index is 1080. The lowest BCUT2D eigenvalue weighted by Gasteiger charge is -2.08. The summed E-state index contributed by atoms with van der Waals surface area (Å²) in [7, 11) is 0. The van der Waals surface area contributed by atoms with Gasteiger partial charge in [0.2, 0.25) is 0 Å². The summed E-state index contributed by atoms with van der Waals surface area (Å²) >= 11 is 0. The fourth-order valence-corrected chi connectivity index (χ4v) is 4.87. The van der Waals surface area contributed by atoms with Crippen LogP contribution in [0.1, 0.15) is 11.1 Å². The van der Waals surface area contributed by atoms with Gasteiger partial charge in [0, 0.05) is 35.1 Å². The lowest BCUT2D eigenvalue weighted by molar-refractivity contribution is -0.110. The van der Waals surface area contributed by atoms with Gasteiger partial charge in [-0.2, -0.15) is 0 Å². The van der Waals surface area contributed by atoms with Crippen LogP contribution in [0.5, 0.6) is 0 Å². The molecular formula is C23H23N5O2. The maximum atomic E-state index is 12.7. The quantitative estimate of drug-likeness (QED) is 0.350. The van der Waals surface area contributed by atoms with Crippen LogP contribution in [-0.4, -0.2) is 43.9 Å². The number of hydrogen-bond acceptors (Lipinski definition) is 6. The molecule has 4 N–H and O–H groups in total. The standard InChI is InChI=1S/C23H23N5O2/c29-23-19(13-5-1-3-7-17(13)27-23)22-21(14-6-2-4-8-18(14)26-22)28-30-10-9-25-20-15-11-24-12-16(15)20/h1-8,15-16,20,24-26H,9-12H2,(H,27,29)/b22-19-,28-21+/t15-,16+,20?. The molecule has 2 fully saturated rings. The molecule has 6 rings (SSSR count). The minimum absolute atomic E-state index is 0.130. The summed E-state index contributed by atoms with van der Waals surface area (Å²) in [6, 6.07) is 16.2. The molecule has 4 aliphatic rings. The molecule has 3 aliphatic heterocycles. The number of rotatable bonds is 5. The zero-order valence-electron chi connectivity index (χ0n) is 16.4. The van der Waals surface area contributed by atoms with Gasteiger partial charge in [0.25, 0.3) is 5.91 Å². The third kappa shape index (κ3) is 2.81. The monoisotopic (exact) mass is 401 g/mol. The van der Waals surface area contributed by atoms with E-state index in [0.717, 1.165) is 54.0 Å². The molecule has 3 atom stereocenters. The highest BCUT2D eigenvalue weighted by atomic mass is 16.6. The first-order valence-electron chi connectivity index (χ1n) is 10.5. The van der Waals surface area contributed by atoms with Crippen molar-refractivity contribution in [2.45, 2.75) is 6.04 Å². The molecule has 2 aromatic carbocycles. The van der Waals surface area contributed by atoms with Crippen molar-refractivity contribution in [3.8, 4) is 0 Å². The second-order valence-electron chi connectivity index (χ2n) is 8.16. The summed E-state index contributed by atoms with van der Waals surface area (Å²) in [6.45, 7) is 3.49. The van der Waals surface area contributed by atoms with Crippen LogP contribution in [-0.2, 0) is 9.63 Å². The highest BCUT2D eigenvalue weighted by Crippen LogP contribution is 2.41. The Hall–Kier alpha value is -3.16. The molecule has 152 valence electrons. The first kappa shape index (κ1) is 17.7. The highest BCUT2D eigenvalue weighted by molar-refractivity contribution is 6.39. The number of benzene rings is 2. The van der Waals surface area contributed by atoms with E-state index in [0.29, 0.717) is 29.6 Å². The van der Waals surface area contributed by atoms with Crippen molar-refractivity contribution in [2.75, 3.05) is 36.9 Å². The minimum Gasteiger partial charge on any atom is -0.394 e. The number of para-hydroxylation sites is 2. The number of amides is 1. The molecule has 7 heteroatoms. The Morgan fingerprint density at radius 3 is 2.47 bits per heavy atom. The molecule has 1 saturated carbocycles. The van der Waals surface area contributed by atoms with Crippen molar-refractivity contribution in [1.82, 2.24) is 10.6 Å². The number of carbonyl (C=O) groups excluding carboxylic acids is 1. The van der Waals surface area contributed by atoms with Gasteiger partial charge in [0.1, 0.15) is 12.3 Å². The van der Waals surface area contributed by atoms with Crippen LogP contribution in [0.15, 0.2) is 59.4 Å². The minimum atomic E-state index is -0.130. The molecule has 0 bridgehead atoms. The van der Waals surface area contributed by atoms with Crippen LogP contribution >= 0.6 is 0 Å². The number of carbonyl (C=O) groups is 1. The predicted molar refractivity (Wildman–Crippen MR) is 116 cm³/mol. The molecule has 1 amide bonds. The van der Waals surface area contributed by atoms with Gasteiger partial charge in [-0.05, 0) is 37.1 Å². The van der Waals surface area contributed by atoms with Crippen molar-refractivity contribution in [1.29, 1.82) is 0 Å². The maximum absolute atomic E-state index is 12.7. The fraction of sp³-hybridized carbons (Fsp3) is 0.304. The summed E-state index contributed by atoms with van der Waals surface area (Å²) in [4.78, 5) is 18.4. The Kier molecular flexibility index (Phi) is 4.11. The largest absolute Gasteiger partial charge is 0.394 e. The Labute approximate surface area is 174 Å². The molecule has 0 radical (unpaired) electrons. The van der Waals surface area contributed by atoms with E-state index in [1.807, 2.05) is 48.5 Å². The van der Waals surface area contributed by atoms with Crippen LogP contribution in [0.4, 0.5) is 11.4 Å². The molecule has 30 heavy (non-hydrogen) atoms. The maximum Gasteiger partial charge on any atom is 0.258 e. The smallest absolute Gasteiger partial charge is 0.258 e. The average molecular weight is 401 g/mol. The normalized spacial score (nSPS) is 29.3. The van der Waals surface area contributed by atoms with Gasteiger partial charge in [-0.25, -0.2) is 0 Å². The summed E-state index contributed by atoms with van der Waals surface area (Å²) < 4.78 is 0.